The van der Waals surface area contributed by atoms with E-state index in [1.54, 1.807) is 0 Å². The second-order valence-electron chi connectivity index (χ2n) is 7.24. The number of aromatic amines is 1. The molecule has 6 heteroatoms. The zero-order valence-electron chi connectivity index (χ0n) is 15.1. The van der Waals surface area contributed by atoms with Crippen molar-refractivity contribution in [2.24, 2.45) is 0 Å². The minimum absolute atomic E-state index is 0.398. The van der Waals surface area contributed by atoms with E-state index in [1.807, 2.05) is 23.7 Å². The van der Waals surface area contributed by atoms with Crippen LogP contribution in [0.3, 0.4) is 0 Å². The van der Waals surface area contributed by atoms with Gasteiger partial charge in [0.25, 0.3) is 0 Å². The number of nitrogens with zero attached hydrogens (tertiary/aromatic N) is 5. The van der Waals surface area contributed by atoms with Crippen LogP contribution in [0.5, 0.6) is 0 Å². The van der Waals surface area contributed by atoms with Gasteiger partial charge in [0.2, 0.25) is 0 Å². The van der Waals surface area contributed by atoms with Gasteiger partial charge in [-0.3, -0.25) is 0 Å². The quantitative estimate of drug-likeness (QED) is 0.602. The standard InChI is InChI=1S/C20H22N6/c1-13-5-3-7-16-19(13)24-20(23-16)15-6-4-10-25(12-15)18-11-14(2)22-17-8-9-21-26(17)18/h3,5,7-9,11,15H,4,6,10,12H2,1-2H3,(H,23,24)/t15-/m0/s1. The lowest BCUT2D eigenvalue weighted by Gasteiger charge is -2.33. The van der Waals surface area contributed by atoms with E-state index in [-0.39, 0.29) is 0 Å². The van der Waals surface area contributed by atoms with Crippen LogP contribution in [-0.4, -0.2) is 37.7 Å². The largest absolute Gasteiger partial charge is 0.356 e. The van der Waals surface area contributed by atoms with E-state index in [9.17, 15) is 0 Å². The number of benzene rings is 1. The van der Waals surface area contributed by atoms with E-state index in [1.165, 1.54) is 5.56 Å². The number of para-hydroxylation sites is 1. The zero-order chi connectivity index (χ0) is 17.7. The highest BCUT2D eigenvalue weighted by atomic mass is 15.3. The number of imidazole rings is 1. The molecule has 0 spiro atoms. The summed E-state index contributed by atoms with van der Waals surface area (Å²) in [4.78, 5) is 15.4. The van der Waals surface area contributed by atoms with Crippen molar-refractivity contribution < 1.29 is 0 Å². The molecule has 0 amide bonds. The van der Waals surface area contributed by atoms with Crippen molar-refractivity contribution in [1.29, 1.82) is 0 Å². The fourth-order valence-electron chi connectivity index (χ4n) is 4.04. The summed E-state index contributed by atoms with van der Waals surface area (Å²) in [6.07, 6.45) is 4.11. The topological polar surface area (TPSA) is 62.1 Å². The molecule has 0 radical (unpaired) electrons. The number of rotatable bonds is 2. The molecule has 1 aliphatic rings. The molecule has 6 nitrogen and oxygen atoms in total. The Labute approximate surface area is 151 Å². The van der Waals surface area contributed by atoms with E-state index >= 15 is 0 Å². The van der Waals surface area contributed by atoms with Crippen molar-refractivity contribution in [2.45, 2.75) is 32.6 Å². The fraction of sp³-hybridized carbons (Fsp3) is 0.350. The van der Waals surface area contributed by atoms with Crippen molar-refractivity contribution in [3.05, 3.63) is 53.6 Å². The van der Waals surface area contributed by atoms with Crippen LogP contribution in [0.15, 0.2) is 36.5 Å². The molecule has 5 rings (SSSR count). The van der Waals surface area contributed by atoms with Crippen LogP contribution >= 0.6 is 0 Å². The van der Waals surface area contributed by atoms with Gasteiger partial charge in [-0.15, -0.1) is 0 Å². The van der Waals surface area contributed by atoms with Gasteiger partial charge in [-0.25, -0.2) is 9.97 Å². The summed E-state index contributed by atoms with van der Waals surface area (Å²) in [5, 5.41) is 4.47. The SMILES string of the molecule is Cc1cc(N2CCC[C@H](c3nc4c(C)cccc4[nH]3)C2)n2nccc2n1. The molecule has 4 heterocycles. The summed E-state index contributed by atoms with van der Waals surface area (Å²) in [6.45, 7) is 6.14. The first-order valence-electron chi connectivity index (χ1n) is 9.20. The highest BCUT2D eigenvalue weighted by molar-refractivity contribution is 5.78. The number of hydrogen-bond acceptors (Lipinski definition) is 4. The van der Waals surface area contributed by atoms with Gasteiger partial charge in [-0.1, -0.05) is 12.1 Å². The van der Waals surface area contributed by atoms with Crippen LogP contribution in [-0.2, 0) is 0 Å². The molecular weight excluding hydrogens is 324 g/mol. The molecule has 0 saturated carbocycles. The smallest absolute Gasteiger partial charge is 0.157 e. The monoisotopic (exact) mass is 346 g/mol. The maximum atomic E-state index is 4.92. The Morgan fingerprint density at radius 3 is 2.96 bits per heavy atom. The summed E-state index contributed by atoms with van der Waals surface area (Å²) in [5.74, 6) is 2.62. The van der Waals surface area contributed by atoms with Crippen molar-refractivity contribution in [2.75, 3.05) is 18.0 Å². The van der Waals surface area contributed by atoms with Crippen LogP contribution in [0.4, 0.5) is 5.82 Å². The summed E-state index contributed by atoms with van der Waals surface area (Å²) in [7, 11) is 0. The number of aryl methyl sites for hydroxylation is 2. The van der Waals surface area contributed by atoms with Gasteiger partial charge in [0, 0.05) is 36.8 Å². The second kappa shape index (κ2) is 5.83. The number of H-pyrrole nitrogens is 1. The number of fused-ring (bicyclic) bond motifs is 2. The predicted octanol–water partition coefficient (Wildman–Crippen LogP) is 3.61. The van der Waals surface area contributed by atoms with Gasteiger partial charge in [-0.2, -0.15) is 9.61 Å². The summed E-state index contributed by atoms with van der Waals surface area (Å²) in [6, 6.07) is 10.4. The second-order valence-corrected chi connectivity index (χ2v) is 7.24. The molecule has 0 bridgehead atoms. The van der Waals surface area contributed by atoms with E-state index in [4.69, 9.17) is 4.98 Å². The minimum atomic E-state index is 0.398. The lowest BCUT2D eigenvalue weighted by Crippen LogP contribution is -2.36. The average Bonchev–Trinajstić information content (AvgIpc) is 3.28. The minimum Gasteiger partial charge on any atom is -0.356 e. The Morgan fingerprint density at radius 2 is 2.08 bits per heavy atom. The van der Waals surface area contributed by atoms with Crippen molar-refractivity contribution in [3.8, 4) is 0 Å². The Hall–Kier alpha value is -2.89. The summed E-state index contributed by atoms with van der Waals surface area (Å²) < 4.78 is 1.94. The van der Waals surface area contributed by atoms with Crippen molar-refractivity contribution in [3.63, 3.8) is 0 Å². The predicted molar refractivity (Wildman–Crippen MR) is 103 cm³/mol. The lowest BCUT2D eigenvalue weighted by atomic mass is 9.97. The first-order chi connectivity index (χ1) is 12.7. The van der Waals surface area contributed by atoms with Gasteiger partial charge >= 0.3 is 0 Å². The van der Waals surface area contributed by atoms with Crippen LogP contribution < -0.4 is 4.90 Å². The molecule has 1 atom stereocenters. The molecule has 1 aromatic carbocycles. The summed E-state index contributed by atoms with van der Waals surface area (Å²) in [5.41, 5.74) is 5.37. The van der Waals surface area contributed by atoms with Gasteiger partial charge in [-0.05, 0) is 38.3 Å². The maximum absolute atomic E-state index is 4.92. The van der Waals surface area contributed by atoms with Crippen LogP contribution in [0, 0.1) is 13.8 Å². The third-order valence-electron chi connectivity index (χ3n) is 5.33. The van der Waals surface area contributed by atoms with Crippen molar-refractivity contribution in [1.82, 2.24) is 24.6 Å². The lowest BCUT2D eigenvalue weighted by molar-refractivity contribution is 0.489. The average molecular weight is 346 g/mol. The third kappa shape index (κ3) is 2.44. The van der Waals surface area contributed by atoms with Gasteiger partial charge < -0.3 is 9.88 Å². The normalized spacial score (nSPS) is 18.1. The molecule has 1 N–H and O–H groups in total. The van der Waals surface area contributed by atoms with E-state index < -0.39 is 0 Å². The van der Waals surface area contributed by atoms with Crippen LogP contribution in [0.25, 0.3) is 16.7 Å². The molecule has 26 heavy (non-hydrogen) atoms. The Kier molecular flexibility index (Phi) is 3.45. The number of hydrogen-bond donors (Lipinski definition) is 1. The molecule has 1 aliphatic heterocycles. The van der Waals surface area contributed by atoms with Crippen LogP contribution in [0.1, 0.15) is 35.8 Å². The molecule has 4 aromatic rings. The van der Waals surface area contributed by atoms with Gasteiger partial charge in [0.15, 0.2) is 5.65 Å². The molecule has 0 aliphatic carbocycles. The summed E-state index contributed by atoms with van der Waals surface area (Å²) >= 11 is 0. The highest BCUT2D eigenvalue weighted by Gasteiger charge is 2.26. The fourth-order valence-corrected chi connectivity index (χ4v) is 4.04. The molecular formula is C20H22N6. The first-order valence-corrected chi connectivity index (χ1v) is 9.20. The van der Waals surface area contributed by atoms with E-state index in [0.717, 1.165) is 59.9 Å². The van der Waals surface area contributed by atoms with Gasteiger partial charge in [0.05, 0.1) is 17.2 Å². The Balaban J connectivity index is 1.51. The number of anilines is 1. The number of piperidine rings is 1. The molecule has 1 fully saturated rings. The zero-order valence-corrected chi connectivity index (χ0v) is 15.1. The molecule has 132 valence electrons. The van der Waals surface area contributed by atoms with E-state index in [2.05, 4.69) is 51.2 Å². The third-order valence-corrected chi connectivity index (χ3v) is 5.33. The highest BCUT2D eigenvalue weighted by Crippen LogP contribution is 2.30. The Morgan fingerprint density at radius 1 is 1.15 bits per heavy atom. The van der Waals surface area contributed by atoms with Crippen LogP contribution in [0.2, 0.25) is 0 Å². The molecule has 0 unspecified atom stereocenters. The number of aromatic nitrogens is 5. The molecule has 3 aromatic heterocycles. The Bertz CT molecular complexity index is 1090. The molecule has 1 saturated heterocycles. The number of nitrogens with one attached hydrogen (secondary N) is 1. The van der Waals surface area contributed by atoms with Gasteiger partial charge in [0.1, 0.15) is 11.6 Å². The maximum Gasteiger partial charge on any atom is 0.157 e. The van der Waals surface area contributed by atoms with Crippen molar-refractivity contribution >= 4 is 22.5 Å². The first kappa shape index (κ1) is 15.4. The van der Waals surface area contributed by atoms with E-state index in [0.29, 0.717) is 5.92 Å².